The van der Waals surface area contributed by atoms with Crippen LogP contribution in [-0.2, 0) is 0 Å². The van der Waals surface area contributed by atoms with Gasteiger partial charge in [-0.15, -0.1) is 0 Å². The van der Waals surface area contributed by atoms with Crippen LogP contribution in [0.4, 0.5) is 5.82 Å². The zero-order valence-corrected chi connectivity index (χ0v) is 13.5. The average molecular weight is 327 g/mol. The molecule has 1 fully saturated rings. The number of nitrogens with one attached hydrogen (secondary N) is 3. The van der Waals surface area contributed by atoms with Crippen molar-refractivity contribution in [2.45, 2.75) is 18.9 Å². The van der Waals surface area contributed by atoms with Crippen LogP contribution >= 0.6 is 11.6 Å². The molecule has 0 aliphatic carbocycles. The summed E-state index contributed by atoms with van der Waals surface area (Å²) >= 11 is 6.42. The van der Waals surface area contributed by atoms with Gasteiger partial charge >= 0.3 is 0 Å². The van der Waals surface area contributed by atoms with Crippen molar-refractivity contribution in [3.8, 4) is 11.1 Å². The van der Waals surface area contributed by atoms with Gasteiger partial charge in [0.15, 0.2) is 0 Å². The van der Waals surface area contributed by atoms with Crippen LogP contribution in [0.2, 0.25) is 5.02 Å². The number of rotatable bonds is 3. The number of benzene rings is 1. The highest BCUT2D eigenvalue weighted by Gasteiger charge is 2.15. The molecule has 4 rings (SSSR count). The summed E-state index contributed by atoms with van der Waals surface area (Å²) in [6.07, 6.45) is 5.99. The normalized spacial score (nSPS) is 15.9. The Balaban J connectivity index is 1.69. The standard InChI is InChI=1S/C18H19ClN4/c19-16-11-22-18(23-12-5-7-20-8-6-12)9-14(16)15-10-21-17-4-2-1-3-13(15)17/h1-4,9-12,20-21H,5-8H2,(H,22,23). The summed E-state index contributed by atoms with van der Waals surface area (Å²) in [5.74, 6) is 0.890. The third-order valence-corrected chi connectivity index (χ3v) is 4.73. The van der Waals surface area contributed by atoms with Gasteiger partial charge in [0.05, 0.1) is 5.02 Å². The van der Waals surface area contributed by atoms with Crippen LogP contribution in [0.25, 0.3) is 22.0 Å². The molecule has 3 N–H and O–H groups in total. The minimum Gasteiger partial charge on any atom is -0.367 e. The van der Waals surface area contributed by atoms with Gasteiger partial charge in [0.25, 0.3) is 0 Å². The second-order valence-corrected chi connectivity index (χ2v) is 6.37. The Morgan fingerprint density at radius 3 is 2.83 bits per heavy atom. The highest BCUT2D eigenvalue weighted by molar-refractivity contribution is 6.33. The smallest absolute Gasteiger partial charge is 0.126 e. The lowest BCUT2D eigenvalue weighted by Crippen LogP contribution is -2.35. The first kappa shape index (κ1) is 14.5. The van der Waals surface area contributed by atoms with Gasteiger partial charge in [-0.25, -0.2) is 4.98 Å². The topological polar surface area (TPSA) is 52.7 Å². The van der Waals surface area contributed by atoms with Crippen LogP contribution in [-0.4, -0.2) is 29.1 Å². The van der Waals surface area contributed by atoms with E-state index in [1.54, 1.807) is 6.20 Å². The van der Waals surface area contributed by atoms with E-state index in [9.17, 15) is 0 Å². The Kier molecular flexibility index (Phi) is 3.93. The van der Waals surface area contributed by atoms with Gasteiger partial charge in [-0.05, 0) is 38.1 Å². The number of fused-ring (bicyclic) bond motifs is 1. The number of anilines is 1. The molecule has 3 aromatic rings. The molecule has 0 spiro atoms. The molecule has 118 valence electrons. The van der Waals surface area contributed by atoms with E-state index in [1.165, 1.54) is 5.39 Å². The molecule has 0 unspecified atom stereocenters. The van der Waals surface area contributed by atoms with Gasteiger partial charge in [0.1, 0.15) is 5.82 Å². The van der Waals surface area contributed by atoms with Crippen molar-refractivity contribution in [1.82, 2.24) is 15.3 Å². The fourth-order valence-electron chi connectivity index (χ4n) is 3.19. The van der Waals surface area contributed by atoms with Crippen molar-refractivity contribution in [1.29, 1.82) is 0 Å². The maximum Gasteiger partial charge on any atom is 0.126 e. The van der Waals surface area contributed by atoms with Crippen LogP contribution in [0.3, 0.4) is 0 Å². The minimum atomic E-state index is 0.473. The second kappa shape index (κ2) is 6.22. The number of para-hydroxylation sites is 1. The zero-order valence-electron chi connectivity index (χ0n) is 12.8. The van der Waals surface area contributed by atoms with Crippen molar-refractivity contribution in [2.24, 2.45) is 0 Å². The first-order valence-corrected chi connectivity index (χ1v) is 8.38. The first-order valence-electron chi connectivity index (χ1n) is 8.00. The molecule has 0 amide bonds. The monoisotopic (exact) mass is 326 g/mol. The molecule has 5 heteroatoms. The van der Waals surface area contributed by atoms with Crippen LogP contribution in [0, 0.1) is 0 Å². The van der Waals surface area contributed by atoms with Gasteiger partial charge in [-0.2, -0.15) is 0 Å². The Morgan fingerprint density at radius 2 is 1.96 bits per heavy atom. The molecular weight excluding hydrogens is 308 g/mol. The summed E-state index contributed by atoms with van der Waals surface area (Å²) in [6.45, 7) is 2.11. The van der Waals surface area contributed by atoms with Gasteiger partial charge < -0.3 is 15.6 Å². The summed E-state index contributed by atoms with van der Waals surface area (Å²) in [4.78, 5) is 7.76. The largest absolute Gasteiger partial charge is 0.367 e. The molecule has 1 aliphatic rings. The highest BCUT2D eigenvalue weighted by Crippen LogP contribution is 2.34. The number of hydrogen-bond donors (Lipinski definition) is 3. The fourth-order valence-corrected chi connectivity index (χ4v) is 3.40. The predicted octanol–water partition coefficient (Wildman–Crippen LogP) is 4.05. The molecule has 0 atom stereocenters. The highest BCUT2D eigenvalue weighted by atomic mass is 35.5. The van der Waals surface area contributed by atoms with Crippen molar-refractivity contribution in [3.05, 3.63) is 47.7 Å². The third kappa shape index (κ3) is 2.92. The van der Waals surface area contributed by atoms with E-state index in [4.69, 9.17) is 11.6 Å². The number of aromatic amines is 1. The number of aromatic nitrogens is 2. The second-order valence-electron chi connectivity index (χ2n) is 5.97. The summed E-state index contributed by atoms with van der Waals surface area (Å²) in [7, 11) is 0. The Morgan fingerprint density at radius 1 is 1.13 bits per heavy atom. The molecule has 3 heterocycles. The number of H-pyrrole nitrogens is 1. The number of piperidine rings is 1. The molecule has 1 aromatic carbocycles. The number of hydrogen-bond acceptors (Lipinski definition) is 3. The van der Waals surface area contributed by atoms with Crippen LogP contribution < -0.4 is 10.6 Å². The van der Waals surface area contributed by atoms with Crippen LogP contribution in [0.1, 0.15) is 12.8 Å². The van der Waals surface area contributed by atoms with Gasteiger partial charge in [-0.1, -0.05) is 29.8 Å². The molecule has 23 heavy (non-hydrogen) atoms. The molecule has 1 saturated heterocycles. The molecule has 1 aliphatic heterocycles. The quantitative estimate of drug-likeness (QED) is 0.680. The first-order chi connectivity index (χ1) is 11.3. The summed E-state index contributed by atoms with van der Waals surface area (Å²) in [5, 5.41) is 8.76. The van der Waals surface area contributed by atoms with Crippen molar-refractivity contribution < 1.29 is 0 Å². The lowest BCUT2D eigenvalue weighted by molar-refractivity contribution is 0.478. The minimum absolute atomic E-state index is 0.473. The van der Waals surface area contributed by atoms with Gasteiger partial charge in [0, 0.05) is 40.5 Å². The molecule has 0 saturated carbocycles. The van der Waals surface area contributed by atoms with Crippen LogP contribution in [0.5, 0.6) is 0 Å². The van der Waals surface area contributed by atoms with E-state index in [0.29, 0.717) is 11.1 Å². The Bertz CT molecular complexity index is 821. The van der Waals surface area contributed by atoms with Gasteiger partial charge in [-0.3, -0.25) is 0 Å². The molecule has 4 nitrogen and oxygen atoms in total. The number of nitrogens with zero attached hydrogens (tertiary/aromatic N) is 1. The fraction of sp³-hybridized carbons (Fsp3) is 0.278. The van der Waals surface area contributed by atoms with Gasteiger partial charge in [0.2, 0.25) is 0 Å². The number of halogens is 1. The van der Waals surface area contributed by atoms with E-state index in [1.807, 2.05) is 18.3 Å². The van der Waals surface area contributed by atoms with E-state index in [2.05, 4.69) is 38.8 Å². The molecule has 0 radical (unpaired) electrons. The van der Waals surface area contributed by atoms with E-state index < -0.39 is 0 Å². The molecular formula is C18H19ClN4. The average Bonchev–Trinajstić information content (AvgIpc) is 3.01. The van der Waals surface area contributed by atoms with E-state index in [0.717, 1.165) is 48.4 Å². The predicted molar refractivity (Wildman–Crippen MR) is 96.1 cm³/mol. The lowest BCUT2D eigenvalue weighted by atomic mass is 10.0. The maximum absolute atomic E-state index is 6.42. The lowest BCUT2D eigenvalue weighted by Gasteiger charge is -2.24. The summed E-state index contributed by atoms with van der Waals surface area (Å²) in [6, 6.07) is 10.8. The van der Waals surface area contributed by atoms with Crippen LogP contribution in [0.15, 0.2) is 42.7 Å². The maximum atomic E-state index is 6.42. The Hall–Kier alpha value is -2.04. The van der Waals surface area contributed by atoms with E-state index >= 15 is 0 Å². The third-order valence-electron chi connectivity index (χ3n) is 4.43. The summed E-state index contributed by atoms with van der Waals surface area (Å²) in [5.41, 5.74) is 3.24. The SMILES string of the molecule is Clc1cnc(NC2CCNCC2)cc1-c1c[nH]c2ccccc12. The summed E-state index contributed by atoms with van der Waals surface area (Å²) < 4.78 is 0. The molecule has 2 aromatic heterocycles. The van der Waals surface area contributed by atoms with E-state index in [-0.39, 0.29) is 0 Å². The zero-order chi connectivity index (χ0) is 15.6. The van der Waals surface area contributed by atoms with Crippen molar-refractivity contribution >= 4 is 28.3 Å². The molecule has 0 bridgehead atoms. The number of pyridine rings is 1. The Labute approximate surface area is 140 Å². The van der Waals surface area contributed by atoms with Crippen molar-refractivity contribution in [2.75, 3.05) is 18.4 Å². The van der Waals surface area contributed by atoms with Crippen molar-refractivity contribution in [3.63, 3.8) is 0 Å².